The smallest absolute Gasteiger partial charge is 0.256 e. The summed E-state index contributed by atoms with van der Waals surface area (Å²) >= 11 is 10.3. The van der Waals surface area contributed by atoms with Crippen LogP contribution in [0.4, 0.5) is 0 Å². The highest BCUT2D eigenvalue weighted by molar-refractivity contribution is 7.80. The third kappa shape index (κ3) is 3.70. The Labute approximate surface area is 134 Å². The van der Waals surface area contributed by atoms with Crippen LogP contribution in [-0.2, 0) is 9.53 Å². The molecule has 1 aliphatic rings. The number of hydrogen-bond acceptors (Lipinski definition) is 4. The van der Waals surface area contributed by atoms with Crippen molar-refractivity contribution in [2.24, 2.45) is 0 Å². The van der Waals surface area contributed by atoms with Crippen molar-refractivity contribution in [2.75, 3.05) is 26.3 Å². The maximum atomic E-state index is 12.7. The molecule has 0 saturated carbocycles. The largest absolute Gasteiger partial charge is 0.377 e. The molecule has 1 atom stereocenters. The first-order valence-corrected chi connectivity index (χ1v) is 7.52. The van der Waals surface area contributed by atoms with Crippen LogP contribution in [0.5, 0.6) is 0 Å². The lowest BCUT2D eigenvalue weighted by Gasteiger charge is -2.34. The van der Waals surface area contributed by atoms with Crippen molar-refractivity contribution in [1.29, 1.82) is 0 Å². The second-order valence-corrected chi connectivity index (χ2v) is 5.57. The summed E-state index contributed by atoms with van der Waals surface area (Å²) < 4.78 is 5.32. The molecule has 1 unspecified atom stereocenters. The number of likely N-dealkylation sites (N-methyl/N-ethyl adjacent to an activating group) is 1. The lowest BCUT2D eigenvalue weighted by Crippen LogP contribution is -2.55. The predicted molar refractivity (Wildman–Crippen MR) is 83.0 cm³/mol. The van der Waals surface area contributed by atoms with Crippen LogP contribution in [0.25, 0.3) is 0 Å². The maximum Gasteiger partial charge on any atom is 0.256 e. The van der Waals surface area contributed by atoms with E-state index in [9.17, 15) is 9.59 Å². The van der Waals surface area contributed by atoms with E-state index in [1.54, 1.807) is 18.2 Å². The van der Waals surface area contributed by atoms with Crippen LogP contribution >= 0.6 is 24.2 Å². The van der Waals surface area contributed by atoms with Gasteiger partial charge in [0.25, 0.3) is 5.91 Å². The standard InChI is InChI=1S/C14H17ClN2O3S/c1-2-16-13(18)12-8-20-6-5-17(12)14(19)10-7-9(21)3-4-11(10)15/h3-4,7,12,21H,2,5-6,8H2,1H3,(H,16,18). The summed E-state index contributed by atoms with van der Waals surface area (Å²) in [5.74, 6) is -0.501. The van der Waals surface area contributed by atoms with Crippen molar-refractivity contribution in [3.63, 3.8) is 0 Å². The second kappa shape index (κ2) is 7.15. The quantitative estimate of drug-likeness (QED) is 0.829. The Bertz CT molecular complexity index is 553. The highest BCUT2D eigenvalue weighted by Crippen LogP contribution is 2.23. The maximum absolute atomic E-state index is 12.7. The van der Waals surface area contributed by atoms with Crippen molar-refractivity contribution in [1.82, 2.24) is 10.2 Å². The molecular formula is C14H17ClN2O3S. The number of nitrogens with zero attached hydrogens (tertiary/aromatic N) is 1. The zero-order valence-corrected chi connectivity index (χ0v) is 13.3. The van der Waals surface area contributed by atoms with Gasteiger partial charge >= 0.3 is 0 Å². The molecule has 21 heavy (non-hydrogen) atoms. The van der Waals surface area contributed by atoms with Crippen LogP contribution in [0, 0.1) is 0 Å². The Hall–Kier alpha value is -1.24. The number of rotatable bonds is 3. The second-order valence-electron chi connectivity index (χ2n) is 4.65. The zero-order valence-electron chi connectivity index (χ0n) is 11.6. The average Bonchev–Trinajstić information content (AvgIpc) is 2.49. The normalized spacial score (nSPS) is 18.4. The van der Waals surface area contributed by atoms with Gasteiger partial charge in [-0.3, -0.25) is 9.59 Å². The summed E-state index contributed by atoms with van der Waals surface area (Å²) in [6.45, 7) is 3.28. The van der Waals surface area contributed by atoms with Crippen molar-refractivity contribution in [3.8, 4) is 0 Å². The van der Waals surface area contributed by atoms with Crippen molar-refractivity contribution in [2.45, 2.75) is 17.9 Å². The van der Waals surface area contributed by atoms with Gasteiger partial charge in [-0.15, -0.1) is 12.6 Å². The fourth-order valence-corrected chi connectivity index (χ4v) is 2.59. The number of hydrogen-bond donors (Lipinski definition) is 2. The van der Waals surface area contributed by atoms with E-state index in [1.807, 2.05) is 6.92 Å². The summed E-state index contributed by atoms with van der Waals surface area (Å²) in [6, 6.07) is 4.31. The van der Waals surface area contributed by atoms with E-state index in [2.05, 4.69) is 17.9 Å². The van der Waals surface area contributed by atoms with E-state index < -0.39 is 6.04 Å². The topological polar surface area (TPSA) is 58.6 Å². The molecule has 1 saturated heterocycles. The van der Waals surface area contributed by atoms with Crippen LogP contribution in [0.1, 0.15) is 17.3 Å². The molecule has 2 amide bonds. The van der Waals surface area contributed by atoms with Gasteiger partial charge in [-0.2, -0.15) is 0 Å². The van der Waals surface area contributed by atoms with Gasteiger partial charge < -0.3 is 15.0 Å². The minimum absolute atomic E-state index is 0.190. The first kappa shape index (κ1) is 16.1. The molecule has 2 rings (SSSR count). The van der Waals surface area contributed by atoms with E-state index in [0.29, 0.717) is 35.2 Å². The highest BCUT2D eigenvalue weighted by Gasteiger charge is 2.33. The highest BCUT2D eigenvalue weighted by atomic mass is 35.5. The van der Waals surface area contributed by atoms with Gasteiger partial charge in [-0.05, 0) is 25.1 Å². The Balaban J connectivity index is 2.26. The molecule has 1 aromatic rings. The molecule has 0 aromatic heterocycles. The molecule has 1 aliphatic heterocycles. The number of thiol groups is 1. The van der Waals surface area contributed by atoms with E-state index in [0.717, 1.165) is 0 Å². The monoisotopic (exact) mass is 328 g/mol. The first-order chi connectivity index (χ1) is 10.0. The van der Waals surface area contributed by atoms with Gasteiger partial charge in [0.05, 0.1) is 23.8 Å². The Morgan fingerprint density at radius 1 is 1.52 bits per heavy atom. The lowest BCUT2D eigenvalue weighted by molar-refractivity contribution is -0.130. The lowest BCUT2D eigenvalue weighted by atomic mass is 10.1. The van der Waals surface area contributed by atoms with Gasteiger partial charge in [-0.25, -0.2) is 0 Å². The number of morpholine rings is 1. The number of halogens is 1. The molecular weight excluding hydrogens is 312 g/mol. The molecule has 0 spiro atoms. The molecule has 1 aromatic carbocycles. The number of carbonyl (C=O) groups excluding carboxylic acids is 2. The molecule has 1 heterocycles. The number of nitrogens with one attached hydrogen (secondary N) is 1. The van der Waals surface area contributed by atoms with Crippen LogP contribution < -0.4 is 5.32 Å². The zero-order chi connectivity index (χ0) is 15.4. The third-order valence-electron chi connectivity index (χ3n) is 3.22. The molecule has 5 nitrogen and oxygen atoms in total. The molecule has 114 valence electrons. The van der Waals surface area contributed by atoms with Crippen LogP contribution in [0.2, 0.25) is 5.02 Å². The van der Waals surface area contributed by atoms with Crippen molar-refractivity contribution < 1.29 is 14.3 Å². The Morgan fingerprint density at radius 3 is 3.00 bits per heavy atom. The summed E-state index contributed by atoms with van der Waals surface area (Å²) in [5.41, 5.74) is 0.348. The fourth-order valence-electron chi connectivity index (χ4n) is 2.19. The van der Waals surface area contributed by atoms with Crippen LogP contribution in [0.3, 0.4) is 0 Å². The molecule has 1 fully saturated rings. The van der Waals surface area contributed by atoms with E-state index in [-0.39, 0.29) is 18.4 Å². The number of ether oxygens (including phenoxy) is 1. The van der Waals surface area contributed by atoms with Gasteiger partial charge in [-0.1, -0.05) is 11.6 Å². The molecule has 0 aliphatic carbocycles. The SMILES string of the molecule is CCNC(=O)C1COCCN1C(=O)c1cc(S)ccc1Cl. The minimum atomic E-state index is -0.633. The third-order valence-corrected chi connectivity index (χ3v) is 3.83. The van der Waals surface area contributed by atoms with Crippen LogP contribution in [0.15, 0.2) is 23.1 Å². The predicted octanol–water partition coefficient (Wildman–Crippen LogP) is 1.61. The van der Waals surface area contributed by atoms with Gasteiger partial charge in [0, 0.05) is 18.0 Å². The van der Waals surface area contributed by atoms with E-state index in [4.69, 9.17) is 16.3 Å². The average molecular weight is 329 g/mol. The van der Waals surface area contributed by atoms with Gasteiger partial charge in [0.15, 0.2) is 0 Å². The van der Waals surface area contributed by atoms with Crippen LogP contribution in [-0.4, -0.2) is 49.1 Å². The van der Waals surface area contributed by atoms with Gasteiger partial charge in [0.1, 0.15) is 6.04 Å². The summed E-state index contributed by atoms with van der Waals surface area (Å²) in [7, 11) is 0. The number of benzene rings is 1. The molecule has 1 N–H and O–H groups in total. The number of amides is 2. The Kier molecular flexibility index (Phi) is 5.50. The Morgan fingerprint density at radius 2 is 2.29 bits per heavy atom. The summed E-state index contributed by atoms with van der Waals surface area (Å²) in [6.07, 6.45) is 0. The van der Waals surface area contributed by atoms with E-state index in [1.165, 1.54) is 4.90 Å². The van der Waals surface area contributed by atoms with Gasteiger partial charge in [0.2, 0.25) is 5.91 Å². The summed E-state index contributed by atoms with van der Waals surface area (Å²) in [5, 5.41) is 3.06. The van der Waals surface area contributed by atoms with Crippen molar-refractivity contribution >= 4 is 36.0 Å². The minimum Gasteiger partial charge on any atom is -0.377 e. The molecule has 0 bridgehead atoms. The summed E-state index contributed by atoms with van der Waals surface area (Å²) in [4.78, 5) is 26.9. The molecule has 0 radical (unpaired) electrons. The number of carbonyl (C=O) groups is 2. The van der Waals surface area contributed by atoms with E-state index >= 15 is 0 Å². The van der Waals surface area contributed by atoms with Crippen molar-refractivity contribution in [3.05, 3.63) is 28.8 Å². The fraction of sp³-hybridized carbons (Fsp3) is 0.429. The first-order valence-electron chi connectivity index (χ1n) is 6.69. The molecule has 7 heteroatoms.